The number of nitrogens with zero attached hydrogens (tertiary/aromatic N) is 1. The van der Waals surface area contributed by atoms with E-state index in [1.165, 1.54) is 7.11 Å². The number of carbonyl (C=O) groups excluding carboxylic acids is 1. The van der Waals surface area contributed by atoms with Crippen LogP contribution in [0.25, 0.3) is 11.1 Å². The van der Waals surface area contributed by atoms with Crippen molar-refractivity contribution in [3.8, 4) is 11.1 Å². The standard InChI is InChI=1S/C30H43NO5S/c1-19-11-13-22(14-12-19)25-21(3)24-17-31(37(33,34)18-29(4,5)6)16-15-23(24)20(2)26(25)27(28(32)35-10)36-30(7,8)9/h11-14,27H,15-18H2,1-10H3. The van der Waals surface area contributed by atoms with Gasteiger partial charge in [0.1, 0.15) is 0 Å². The Bertz CT molecular complexity index is 1270. The van der Waals surface area contributed by atoms with E-state index in [2.05, 4.69) is 12.1 Å². The van der Waals surface area contributed by atoms with E-state index in [1.807, 2.05) is 74.4 Å². The third-order valence-corrected chi connectivity index (χ3v) is 9.09. The van der Waals surface area contributed by atoms with E-state index in [0.717, 1.165) is 44.5 Å². The molecule has 37 heavy (non-hydrogen) atoms. The van der Waals surface area contributed by atoms with Gasteiger partial charge in [-0.3, -0.25) is 0 Å². The van der Waals surface area contributed by atoms with Crippen molar-refractivity contribution in [3.05, 3.63) is 57.6 Å². The smallest absolute Gasteiger partial charge is 0.339 e. The fraction of sp³-hybridized carbons (Fsp3) is 0.567. The Morgan fingerprint density at radius 3 is 2.08 bits per heavy atom. The quantitative estimate of drug-likeness (QED) is 0.427. The van der Waals surface area contributed by atoms with Crippen LogP contribution in [0, 0.1) is 26.2 Å². The van der Waals surface area contributed by atoms with Crippen LogP contribution in [0.3, 0.4) is 0 Å². The van der Waals surface area contributed by atoms with E-state index >= 15 is 0 Å². The van der Waals surface area contributed by atoms with Crippen LogP contribution in [0.15, 0.2) is 24.3 Å². The number of sulfonamides is 1. The summed E-state index contributed by atoms with van der Waals surface area (Å²) in [5, 5.41) is 0. The van der Waals surface area contributed by atoms with E-state index < -0.39 is 27.7 Å². The first-order valence-electron chi connectivity index (χ1n) is 12.9. The average Bonchev–Trinajstić information content (AvgIpc) is 2.77. The van der Waals surface area contributed by atoms with Crippen LogP contribution in [-0.4, -0.2) is 43.7 Å². The van der Waals surface area contributed by atoms with Crippen molar-refractivity contribution in [1.82, 2.24) is 4.31 Å². The molecule has 0 saturated heterocycles. The molecule has 6 nitrogen and oxygen atoms in total. The zero-order chi connectivity index (χ0) is 27.9. The van der Waals surface area contributed by atoms with Crippen molar-refractivity contribution >= 4 is 16.0 Å². The third-order valence-electron chi connectivity index (χ3n) is 6.76. The van der Waals surface area contributed by atoms with E-state index in [1.54, 1.807) is 4.31 Å². The lowest BCUT2D eigenvalue weighted by atomic mass is 9.80. The molecule has 0 amide bonds. The highest BCUT2D eigenvalue weighted by atomic mass is 32.2. The molecule has 0 fully saturated rings. The molecular weight excluding hydrogens is 486 g/mol. The second-order valence-corrected chi connectivity index (χ2v) is 14.4. The third kappa shape index (κ3) is 6.62. The maximum absolute atomic E-state index is 13.3. The minimum Gasteiger partial charge on any atom is -0.467 e. The maximum atomic E-state index is 13.3. The minimum absolute atomic E-state index is 0.0973. The van der Waals surface area contributed by atoms with Gasteiger partial charge in [0.2, 0.25) is 10.0 Å². The van der Waals surface area contributed by atoms with Crippen LogP contribution in [0.1, 0.15) is 81.0 Å². The van der Waals surface area contributed by atoms with E-state index in [-0.39, 0.29) is 11.2 Å². The molecule has 0 aliphatic carbocycles. The van der Waals surface area contributed by atoms with Gasteiger partial charge in [-0.15, -0.1) is 0 Å². The number of esters is 1. The van der Waals surface area contributed by atoms with Crippen LogP contribution in [0.2, 0.25) is 0 Å². The Balaban J connectivity index is 2.28. The number of methoxy groups -OCH3 is 1. The van der Waals surface area contributed by atoms with Gasteiger partial charge in [0.15, 0.2) is 6.10 Å². The van der Waals surface area contributed by atoms with E-state index in [4.69, 9.17) is 9.47 Å². The lowest BCUT2D eigenvalue weighted by Gasteiger charge is -2.36. The number of hydrogen-bond donors (Lipinski definition) is 0. The molecule has 1 heterocycles. The summed E-state index contributed by atoms with van der Waals surface area (Å²) in [6, 6.07) is 8.20. The summed E-state index contributed by atoms with van der Waals surface area (Å²) < 4.78 is 39.8. The molecule has 1 aliphatic heterocycles. The van der Waals surface area contributed by atoms with Gasteiger partial charge >= 0.3 is 5.97 Å². The number of benzene rings is 2. The molecule has 204 valence electrons. The van der Waals surface area contributed by atoms with E-state index in [9.17, 15) is 13.2 Å². The van der Waals surface area contributed by atoms with Gasteiger partial charge in [-0.25, -0.2) is 13.2 Å². The van der Waals surface area contributed by atoms with Crippen LogP contribution in [0.4, 0.5) is 0 Å². The molecule has 0 aromatic heterocycles. The molecule has 1 unspecified atom stereocenters. The molecule has 0 N–H and O–H groups in total. The predicted molar refractivity (Wildman–Crippen MR) is 149 cm³/mol. The average molecular weight is 530 g/mol. The van der Waals surface area contributed by atoms with Crippen LogP contribution in [-0.2, 0) is 37.3 Å². The lowest BCUT2D eigenvalue weighted by Crippen LogP contribution is -2.41. The van der Waals surface area contributed by atoms with Crippen molar-refractivity contribution in [3.63, 3.8) is 0 Å². The van der Waals surface area contributed by atoms with Crippen molar-refractivity contribution in [2.45, 2.75) is 87.0 Å². The lowest BCUT2D eigenvalue weighted by molar-refractivity contribution is -0.164. The van der Waals surface area contributed by atoms with Crippen molar-refractivity contribution in [2.24, 2.45) is 5.41 Å². The van der Waals surface area contributed by atoms with Gasteiger partial charge in [0.25, 0.3) is 0 Å². The molecule has 7 heteroatoms. The Morgan fingerprint density at radius 1 is 0.973 bits per heavy atom. The molecular formula is C30H43NO5S. The van der Waals surface area contributed by atoms with Crippen LogP contribution in [0.5, 0.6) is 0 Å². The van der Waals surface area contributed by atoms with Crippen LogP contribution >= 0.6 is 0 Å². The first kappa shape index (κ1) is 29.3. The van der Waals surface area contributed by atoms with Crippen molar-refractivity contribution in [1.29, 1.82) is 0 Å². The topological polar surface area (TPSA) is 72.9 Å². The van der Waals surface area contributed by atoms with Gasteiger partial charge in [0.05, 0.1) is 18.5 Å². The summed E-state index contributed by atoms with van der Waals surface area (Å²) in [5.41, 5.74) is 6.93. The highest BCUT2D eigenvalue weighted by molar-refractivity contribution is 7.89. The fourth-order valence-electron chi connectivity index (χ4n) is 5.18. The predicted octanol–water partition coefficient (Wildman–Crippen LogP) is 6.04. The Hall–Kier alpha value is -2.22. The number of ether oxygens (including phenoxy) is 2. The molecule has 3 rings (SSSR count). The second-order valence-electron chi connectivity index (χ2n) is 12.4. The molecule has 1 atom stereocenters. The number of hydrogen-bond acceptors (Lipinski definition) is 5. The largest absolute Gasteiger partial charge is 0.467 e. The summed E-state index contributed by atoms with van der Waals surface area (Å²) in [6.45, 7) is 18.4. The van der Waals surface area contributed by atoms with Crippen molar-refractivity contribution in [2.75, 3.05) is 19.4 Å². The SMILES string of the molecule is COC(=O)C(OC(C)(C)C)c1c(C)c2c(c(C)c1-c1ccc(C)cc1)CN(S(=O)(=O)CC(C)(C)C)CC2. The molecule has 0 saturated carbocycles. The first-order chi connectivity index (χ1) is 16.9. The first-order valence-corrected chi connectivity index (χ1v) is 14.5. The molecule has 2 aromatic carbocycles. The zero-order valence-corrected chi connectivity index (χ0v) is 24.9. The molecule has 0 bridgehead atoms. The monoisotopic (exact) mass is 529 g/mol. The van der Waals surface area contributed by atoms with Gasteiger partial charge in [-0.1, -0.05) is 50.6 Å². The van der Waals surface area contributed by atoms with Gasteiger partial charge < -0.3 is 9.47 Å². The second kappa shape index (κ2) is 10.5. The normalized spacial score (nSPS) is 15.8. The zero-order valence-electron chi connectivity index (χ0n) is 24.1. The number of rotatable bonds is 6. The summed E-state index contributed by atoms with van der Waals surface area (Å²) in [5.74, 6) is -0.351. The summed E-state index contributed by atoms with van der Waals surface area (Å²) in [6.07, 6.45) is -0.330. The van der Waals surface area contributed by atoms with Gasteiger partial charge in [-0.05, 0) is 86.8 Å². The number of aryl methyl sites for hydroxylation is 1. The Kier molecular flexibility index (Phi) is 8.33. The number of fused-ring (bicyclic) bond motifs is 1. The number of carbonyl (C=O) groups is 1. The Labute approximate surface area is 223 Å². The minimum atomic E-state index is -3.43. The van der Waals surface area contributed by atoms with Crippen molar-refractivity contribution < 1.29 is 22.7 Å². The molecule has 2 aromatic rings. The Morgan fingerprint density at radius 2 is 1.57 bits per heavy atom. The highest BCUT2D eigenvalue weighted by Gasteiger charge is 2.37. The summed E-state index contributed by atoms with van der Waals surface area (Å²) in [7, 11) is -2.05. The molecule has 0 radical (unpaired) electrons. The fourth-order valence-corrected chi connectivity index (χ4v) is 7.15. The van der Waals surface area contributed by atoms with Gasteiger partial charge in [-0.2, -0.15) is 4.31 Å². The van der Waals surface area contributed by atoms with E-state index in [0.29, 0.717) is 19.5 Å². The maximum Gasteiger partial charge on any atom is 0.339 e. The molecule has 0 spiro atoms. The highest BCUT2D eigenvalue weighted by Crippen LogP contribution is 2.43. The van der Waals surface area contributed by atoms with Gasteiger partial charge in [0, 0.05) is 18.7 Å². The molecule has 1 aliphatic rings. The van der Waals surface area contributed by atoms with Crippen LogP contribution < -0.4 is 0 Å². The summed E-state index contributed by atoms with van der Waals surface area (Å²) in [4.78, 5) is 13.1. The summed E-state index contributed by atoms with van der Waals surface area (Å²) >= 11 is 0.